The number of aliphatic hydroxyl groups is 2. The lowest BCUT2D eigenvalue weighted by atomic mass is 10.0. The Kier molecular flexibility index (Phi) is 32.5. The van der Waals surface area contributed by atoms with Crippen LogP contribution in [0.2, 0.25) is 0 Å². The second kappa shape index (κ2) is 33.4. The monoisotopic (exact) mass is 578 g/mol. The van der Waals surface area contributed by atoms with Gasteiger partial charge in [0.15, 0.2) is 0 Å². The van der Waals surface area contributed by atoms with Crippen LogP contribution in [-0.2, 0) is 4.79 Å². The summed E-state index contributed by atoms with van der Waals surface area (Å²) in [5.41, 5.74) is 0. The topological polar surface area (TPSA) is 69.6 Å². The van der Waals surface area contributed by atoms with Crippen LogP contribution in [0.3, 0.4) is 0 Å². The highest BCUT2D eigenvalue weighted by atomic mass is 16.3. The van der Waals surface area contributed by atoms with Crippen molar-refractivity contribution in [2.45, 2.75) is 199 Å². The van der Waals surface area contributed by atoms with Crippen molar-refractivity contribution in [3.63, 3.8) is 0 Å². The van der Waals surface area contributed by atoms with Crippen LogP contribution in [0.4, 0.5) is 0 Å². The van der Waals surface area contributed by atoms with E-state index in [0.717, 1.165) is 38.5 Å². The van der Waals surface area contributed by atoms with Crippen molar-refractivity contribution in [1.29, 1.82) is 0 Å². The molecule has 0 saturated heterocycles. The molecule has 1 amide bonds. The highest BCUT2D eigenvalue weighted by Crippen LogP contribution is 2.14. The molecule has 0 heterocycles. The Morgan fingerprint density at radius 1 is 0.561 bits per heavy atom. The molecule has 0 spiro atoms. The highest BCUT2D eigenvalue weighted by Gasteiger charge is 2.17. The number of unbranched alkanes of at least 4 members (excludes halogenated alkanes) is 23. The van der Waals surface area contributed by atoms with E-state index < -0.39 is 12.1 Å². The molecular formula is C37H71NO3. The zero-order valence-electron chi connectivity index (χ0n) is 27.6. The Morgan fingerprint density at radius 3 is 1.39 bits per heavy atom. The molecule has 3 N–H and O–H groups in total. The number of hydrogen-bond acceptors (Lipinski definition) is 3. The molecule has 0 aliphatic heterocycles. The minimum absolute atomic E-state index is 0.0751. The first-order chi connectivity index (χ1) is 20.2. The molecule has 0 saturated carbocycles. The van der Waals surface area contributed by atoms with Gasteiger partial charge in [-0.25, -0.2) is 0 Å². The van der Waals surface area contributed by atoms with Gasteiger partial charge in [-0.2, -0.15) is 0 Å². The second-order valence-electron chi connectivity index (χ2n) is 12.3. The molecule has 0 rings (SSSR count). The Labute approximate surface area is 256 Å². The van der Waals surface area contributed by atoms with E-state index in [9.17, 15) is 15.0 Å². The lowest BCUT2D eigenvalue weighted by Crippen LogP contribution is -2.45. The number of allylic oxidation sites excluding steroid dienone is 3. The van der Waals surface area contributed by atoms with E-state index in [1.807, 2.05) is 6.08 Å². The molecule has 41 heavy (non-hydrogen) atoms. The number of carbonyl (C=O) groups excluding carboxylic acids is 1. The minimum Gasteiger partial charge on any atom is -0.394 e. The summed E-state index contributed by atoms with van der Waals surface area (Å²) in [6, 6.07) is -0.621. The normalized spacial score (nSPS) is 13.4. The van der Waals surface area contributed by atoms with Gasteiger partial charge in [0.25, 0.3) is 0 Å². The van der Waals surface area contributed by atoms with Gasteiger partial charge in [0.2, 0.25) is 5.91 Å². The Balaban J connectivity index is 3.62. The summed E-state index contributed by atoms with van der Waals surface area (Å²) in [4.78, 5) is 12.3. The molecule has 2 atom stereocenters. The predicted molar refractivity (Wildman–Crippen MR) is 179 cm³/mol. The van der Waals surface area contributed by atoms with E-state index in [4.69, 9.17) is 0 Å². The SMILES string of the molecule is CCCCC/C=C\CCCCCCCC(=O)NC(CO)C(O)/C=C/CCCCCCCCCCCCCCCCC. The zero-order valence-corrected chi connectivity index (χ0v) is 27.6. The van der Waals surface area contributed by atoms with Gasteiger partial charge in [0, 0.05) is 6.42 Å². The summed E-state index contributed by atoms with van der Waals surface area (Å²) in [6.07, 6.45) is 41.1. The van der Waals surface area contributed by atoms with Crippen LogP contribution in [0.5, 0.6) is 0 Å². The molecule has 0 fully saturated rings. The van der Waals surface area contributed by atoms with Gasteiger partial charge >= 0.3 is 0 Å². The van der Waals surface area contributed by atoms with E-state index in [1.54, 1.807) is 6.08 Å². The fourth-order valence-electron chi connectivity index (χ4n) is 5.35. The Morgan fingerprint density at radius 2 is 0.927 bits per heavy atom. The van der Waals surface area contributed by atoms with Crippen LogP contribution in [0.1, 0.15) is 187 Å². The molecule has 0 aromatic rings. The number of aliphatic hydroxyl groups excluding tert-OH is 2. The molecule has 4 heteroatoms. The maximum absolute atomic E-state index is 12.3. The molecule has 0 aliphatic carbocycles. The molecule has 0 bridgehead atoms. The molecule has 0 aromatic heterocycles. The quantitative estimate of drug-likeness (QED) is 0.0550. The fourth-order valence-corrected chi connectivity index (χ4v) is 5.35. The van der Waals surface area contributed by atoms with E-state index in [-0.39, 0.29) is 12.5 Å². The van der Waals surface area contributed by atoms with Gasteiger partial charge in [-0.1, -0.05) is 160 Å². The van der Waals surface area contributed by atoms with Crippen LogP contribution in [0.15, 0.2) is 24.3 Å². The predicted octanol–water partition coefficient (Wildman–Crippen LogP) is 10.5. The summed E-state index contributed by atoms with van der Waals surface area (Å²) >= 11 is 0. The second-order valence-corrected chi connectivity index (χ2v) is 12.3. The molecule has 0 radical (unpaired) electrons. The number of rotatable bonds is 32. The van der Waals surface area contributed by atoms with Gasteiger partial charge in [0.1, 0.15) is 0 Å². The summed E-state index contributed by atoms with van der Waals surface area (Å²) in [7, 11) is 0. The Bertz CT molecular complexity index is 589. The zero-order chi connectivity index (χ0) is 30.1. The van der Waals surface area contributed by atoms with Crippen molar-refractivity contribution in [1.82, 2.24) is 5.32 Å². The average molecular weight is 578 g/mol. The van der Waals surface area contributed by atoms with E-state index in [2.05, 4.69) is 31.3 Å². The van der Waals surface area contributed by atoms with E-state index >= 15 is 0 Å². The van der Waals surface area contributed by atoms with Crippen molar-refractivity contribution >= 4 is 5.91 Å². The molecule has 4 nitrogen and oxygen atoms in total. The molecule has 2 unspecified atom stereocenters. The third-order valence-electron chi connectivity index (χ3n) is 8.18. The molecule has 0 aliphatic rings. The highest BCUT2D eigenvalue weighted by molar-refractivity contribution is 5.76. The van der Waals surface area contributed by atoms with Gasteiger partial charge in [-0.3, -0.25) is 4.79 Å². The third kappa shape index (κ3) is 30.1. The summed E-state index contributed by atoms with van der Waals surface area (Å²) < 4.78 is 0. The number of amides is 1. The summed E-state index contributed by atoms with van der Waals surface area (Å²) in [5.74, 6) is -0.0751. The standard InChI is InChI=1S/C37H71NO3/c1-3-5-7-9-11-13-15-17-18-19-20-21-22-24-26-28-30-32-36(40)35(34-39)38-37(41)33-31-29-27-25-23-16-14-12-10-8-6-4-2/h12,14,30,32,35-36,39-40H,3-11,13,15-29,31,33-34H2,1-2H3,(H,38,41)/b14-12-,32-30+. The van der Waals surface area contributed by atoms with Crippen molar-refractivity contribution in [3.05, 3.63) is 24.3 Å². The number of nitrogens with one attached hydrogen (secondary N) is 1. The van der Waals surface area contributed by atoms with Crippen molar-refractivity contribution in [3.8, 4) is 0 Å². The minimum atomic E-state index is -0.838. The average Bonchev–Trinajstić information content (AvgIpc) is 2.97. The molecular weight excluding hydrogens is 506 g/mol. The van der Waals surface area contributed by atoms with Crippen molar-refractivity contribution < 1.29 is 15.0 Å². The molecule has 242 valence electrons. The maximum atomic E-state index is 12.3. The van der Waals surface area contributed by atoms with E-state index in [1.165, 1.54) is 128 Å². The van der Waals surface area contributed by atoms with Crippen molar-refractivity contribution in [2.75, 3.05) is 6.61 Å². The summed E-state index contributed by atoms with van der Waals surface area (Å²) in [5, 5.41) is 22.9. The first-order valence-electron chi connectivity index (χ1n) is 18.1. The van der Waals surface area contributed by atoms with Gasteiger partial charge in [-0.05, 0) is 44.9 Å². The fraction of sp³-hybridized carbons (Fsp3) is 0.865. The third-order valence-corrected chi connectivity index (χ3v) is 8.18. The van der Waals surface area contributed by atoms with Crippen molar-refractivity contribution in [2.24, 2.45) is 0 Å². The lowest BCUT2D eigenvalue weighted by Gasteiger charge is -2.20. The first kappa shape index (κ1) is 39.9. The van der Waals surface area contributed by atoms with Crippen LogP contribution >= 0.6 is 0 Å². The Hall–Kier alpha value is -1.13. The van der Waals surface area contributed by atoms with Gasteiger partial charge < -0.3 is 15.5 Å². The maximum Gasteiger partial charge on any atom is 0.220 e. The largest absolute Gasteiger partial charge is 0.394 e. The van der Waals surface area contributed by atoms with Crippen LogP contribution in [0, 0.1) is 0 Å². The number of carbonyl (C=O) groups is 1. The van der Waals surface area contributed by atoms with Crippen LogP contribution in [0.25, 0.3) is 0 Å². The lowest BCUT2D eigenvalue weighted by molar-refractivity contribution is -0.123. The van der Waals surface area contributed by atoms with Crippen LogP contribution < -0.4 is 5.32 Å². The van der Waals surface area contributed by atoms with Gasteiger partial charge in [0.05, 0.1) is 18.8 Å². The van der Waals surface area contributed by atoms with Gasteiger partial charge in [-0.15, -0.1) is 0 Å². The first-order valence-corrected chi connectivity index (χ1v) is 18.1. The smallest absolute Gasteiger partial charge is 0.220 e. The van der Waals surface area contributed by atoms with Crippen LogP contribution in [-0.4, -0.2) is 34.9 Å². The molecule has 0 aromatic carbocycles. The number of hydrogen-bond donors (Lipinski definition) is 3. The van der Waals surface area contributed by atoms with E-state index in [0.29, 0.717) is 6.42 Å². The summed E-state index contributed by atoms with van der Waals surface area (Å²) in [6.45, 7) is 4.27.